The molecule has 0 radical (unpaired) electrons. The van der Waals surface area contributed by atoms with E-state index in [1.54, 1.807) is 30.5 Å². The molecule has 1 unspecified atom stereocenters. The highest BCUT2D eigenvalue weighted by Crippen LogP contribution is 2.52. The van der Waals surface area contributed by atoms with E-state index in [4.69, 9.17) is 0 Å². The van der Waals surface area contributed by atoms with Crippen LogP contribution in [0.5, 0.6) is 0 Å². The first-order chi connectivity index (χ1) is 11.8. The molecule has 2 aromatic heterocycles. The Balaban J connectivity index is 1.57. The minimum Gasteiger partial charge on any atom is -0.455 e. The lowest BCUT2D eigenvalue weighted by atomic mass is 9.85. The second kappa shape index (κ2) is 6.58. The molecule has 25 heavy (non-hydrogen) atoms. The lowest BCUT2D eigenvalue weighted by Gasteiger charge is -2.42. The molecule has 1 aliphatic carbocycles. The van der Waals surface area contributed by atoms with Gasteiger partial charge in [-0.05, 0) is 18.2 Å². The van der Waals surface area contributed by atoms with E-state index in [-0.39, 0.29) is 10.9 Å². The Bertz CT molecular complexity index is 776. The van der Waals surface area contributed by atoms with Crippen LogP contribution in [0.25, 0.3) is 11.4 Å². The molecule has 1 atom stereocenters. The highest BCUT2D eigenvalue weighted by Gasteiger charge is 2.73. The van der Waals surface area contributed by atoms with E-state index in [0.29, 0.717) is 11.4 Å². The van der Waals surface area contributed by atoms with Crippen molar-refractivity contribution in [3.8, 4) is 11.4 Å². The van der Waals surface area contributed by atoms with Crippen LogP contribution in [-0.4, -0.2) is 44.6 Å². The van der Waals surface area contributed by atoms with Crippen molar-refractivity contribution in [3.63, 3.8) is 0 Å². The van der Waals surface area contributed by atoms with Gasteiger partial charge in [0.1, 0.15) is 0 Å². The molecule has 2 aromatic rings. The van der Waals surface area contributed by atoms with Crippen molar-refractivity contribution in [2.75, 3.05) is 5.75 Å². The van der Waals surface area contributed by atoms with Gasteiger partial charge in [0.25, 0.3) is 0 Å². The summed E-state index contributed by atoms with van der Waals surface area (Å²) < 4.78 is 56.0. The number of ether oxygens (including phenoxy) is 1. The molecule has 2 heterocycles. The van der Waals surface area contributed by atoms with Gasteiger partial charge in [0.2, 0.25) is 0 Å². The SMILES string of the molecule is O=C(CSc1nccc(-c2ccccn2)n1)OC1CC(F)(F)C1(F)F. The van der Waals surface area contributed by atoms with Crippen LogP contribution in [0.4, 0.5) is 17.6 Å². The number of hydrogen-bond donors (Lipinski definition) is 0. The lowest BCUT2D eigenvalue weighted by molar-refractivity contribution is -0.332. The largest absolute Gasteiger partial charge is 0.455 e. The van der Waals surface area contributed by atoms with Gasteiger partial charge in [-0.3, -0.25) is 9.78 Å². The van der Waals surface area contributed by atoms with E-state index in [1.807, 2.05) is 0 Å². The Kier molecular flexibility index (Phi) is 4.63. The van der Waals surface area contributed by atoms with Crippen LogP contribution < -0.4 is 0 Å². The maximum atomic E-state index is 13.1. The monoisotopic (exact) mass is 373 g/mol. The Morgan fingerprint density at radius 3 is 2.60 bits per heavy atom. The number of esters is 1. The number of hydrogen-bond acceptors (Lipinski definition) is 6. The highest BCUT2D eigenvalue weighted by molar-refractivity contribution is 7.99. The van der Waals surface area contributed by atoms with Crippen LogP contribution in [-0.2, 0) is 9.53 Å². The number of pyridine rings is 1. The number of thioether (sulfide) groups is 1. The topological polar surface area (TPSA) is 65.0 Å². The Labute approximate surface area is 143 Å². The standard InChI is InChI=1S/C15H11F4N3O2S/c16-14(17)7-11(15(14,18)19)24-12(23)8-25-13-21-6-4-10(22-13)9-3-1-2-5-20-9/h1-6,11H,7-8H2. The molecule has 0 aromatic carbocycles. The van der Waals surface area contributed by atoms with Crippen LogP contribution in [0.3, 0.4) is 0 Å². The zero-order chi connectivity index (χ0) is 18.1. The molecule has 1 saturated carbocycles. The number of aromatic nitrogens is 3. The molecule has 10 heteroatoms. The summed E-state index contributed by atoms with van der Waals surface area (Å²) in [5.74, 6) is -9.87. The van der Waals surface area contributed by atoms with Crippen molar-refractivity contribution in [2.45, 2.75) is 29.5 Å². The van der Waals surface area contributed by atoms with Crippen molar-refractivity contribution in [2.24, 2.45) is 0 Å². The van der Waals surface area contributed by atoms with Gasteiger partial charge in [-0.2, -0.15) is 17.6 Å². The van der Waals surface area contributed by atoms with Gasteiger partial charge in [0.05, 0.1) is 23.6 Å². The summed E-state index contributed by atoms with van der Waals surface area (Å²) >= 11 is 0.857. The highest BCUT2D eigenvalue weighted by atomic mass is 32.2. The number of halogens is 4. The quantitative estimate of drug-likeness (QED) is 0.347. The molecule has 0 bridgehead atoms. The van der Waals surface area contributed by atoms with Crippen LogP contribution >= 0.6 is 11.8 Å². The van der Waals surface area contributed by atoms with E-state index >= 15 is 0 Å². The molecule has 0 N–H and O–H groups in total. The number of carbonyl (C=O) groups is 1. The Morgan fingerprint density at radius 1 is 1.16 bits per heavy atom. The lowest BCUT2D eigenvalue weighted by Crippen LogP contribution is -2.63. The van der Waals surface area contributed by atoms with E-state index in [9.17, 15) is 22.4 Å². The molecule has 1 aliphatic rings. The van der Waals surface area contributed by atoms with Gasteiger partial charge in [-0.1, -0.05) is 17.8 Å². The molecule has 0 aliphatic heterocycles. The minimum absolute atomic E-state index is 0.214. The fourth-order valence-corrected chi connectivity index (χ4v) is 2.71. The molecule has 3 rings (SSSR count). The van der Waals surface area contributed by atoms with Crippen molar-refractivity contribution < 1.29 is 27.1 Å². The average molecular weight is 373 g/mol. The number of rotatable bonds is 5. The van der Waals surface area contributed by atoms with Crippen molar-refractivity contribution in [1.82, 2.24) is 15.0 Å². The Hall–Kier alpha value is -2.23. The maximum absolute atomic E-state index is 13.1. The van der Waals surface area contributed by atoms with E-state index in [2.05, 4.69) is 19.7 Å². The molecular formula is C15H11F4N3O2S. The average Bonchev–Trinajstić information content (AvgIpc) is 2.60. The van der Waals surface area contributed by atoms with E-state index in [0.717, 1.165) is 11.8 Å². The van der Waals surface area contributed by atoms with Crippen molar-refractivity contribution in [1.29, 1.82) is 0 Å². The number of alkyl halides is 4. The molecule has 1 fully saturated rings. The second-order valence-electron chi connectivity index (χ2n) is 5.24. The second-order valence-corrected chi connectivity index (χ2v) is 6.18. The third-order valence-electron chi connectivity index (χ3n) is 3.49. The first-order valence-electron chi connectivity index (χ1n) is 7.12. The van der Waals surface area contributed by atoms with Gasteiger partial charge < -0.3 is 4.74 Å². The number of nitrogens with zero attached hydrogens (tertiary/aromatic N) is 3. The van der Waals surface area contributed by atoms with Crippen molar-refractivity contribution >= 4 is 17.7 Å². The van der Waals surface area contributed by atoms with Gasteiger partial charge >= 0.3 is 17.8 Å². The summed E-state index contributed by atoms with van der Waals surface area (Å²) in [7, 11) is 0. The first-order valence-corrected chi connectivity index (χ1v) is 8.10. The summed E-state index contributed by atoms with van der Waals surface area (Å²) in [5.41, 5.74) is 1.13. The van der Waals surface area contributed by atoms with E-state index < -0.39 is 30.3 Å². The van der Waals surface area contributed by atoms with Crippen LogP contribution in [0.2, 0.25) is 0 Å². The number of carbonyl (C=O) groups excluding carboxylic acids is 1. The smallest absolute Gasteiger partial charge is 0.346 e. The fraction of sp³-hybridized carbons (Fsp3) is 0.333. The molecule has 132 valence electrons. The predicted molar refractivity (Wildman–Crippen MR) is 80.4 cm³/mol. The normalized spacial score (nSPS) is 20.6. The molecular weight excluding hydrogens is 362 g/mol. The van der Waals surface area contributed by atoms with Crippen molar-refractivity contribution in [3.05, 3.63) is 36.7 Å². The summed E-state index contributed by atoms with van der Waals surface area (Å²) in [6.45, 7) is 0. The summed E-state index contributed by atoms with van der Waals surface area (Å²) in [6, 6.07) is 6.89. The fourth-order valence-electron chi connectivity index (χ4n) is 2.10. The van der Waals surface area contributed by atoms with Gasteiger partial charge in [-0.15, -0.1) is 0 Å². The summed E-state index contributed by atoms with van der Waals surface area (Å²) in [6.07, 6.45) is -0.222. The molecule has 5 nitrogen and oxygen atoms in total. The zero-order valence-electron chi connectivity index (χ0n) is 12.5. The first kappa shape index (κ1) is 17.6. The van der Waals surface area contributed by atoms with Gasteiger partial charge in [-0.25, -0.2) is 9.97 Å². The Morgan fingerprint density at radius 2 is 1.96 bits per heavy atom. The molecule has 0 spiro atoms. The van der Waals surface area contributed by atoms with Crippen LogP contribution in [0.15, 0.2) is 41.8 Å². The predicted octanol–water partition coefficient (Wildman–Crippen LogP) is 3.22. The molecule has 0 saturated heterocycles. The third kappa shape index (κ3) is 3.58. The molecule has 0 amide bonds. The van der Waals surface area contributed by atoms with Gasteiger partial charge in [0, 0.05) is 12.4 Å². The third-order valence-corrected chi connectivity index (χ3v) is 4.32. The van der Waals surface area contributed by atoms with Crippen LogP contribution in [0.1, 0.15) is 6.42 Å². The summed E-state index contributed by atoms with van der Waals surface area (Å²) in [5, 5.41) is 0.214. The van der Waals surface area contributed by atoms with Crippen LogP contribution in [0, 0.1) is 0 Å². The minimum atomic E-state index is -4.33. The summed E-state index contributed by atoms with van der Waals surface area (Å²) in [4.78, 5) is 23.9. The maximum Gasteiger partial charge on any atom is 0.346 e. The van der Waals surface area contributed by atoms with Gasteiger partial charge in [0.15, 0.2) is 11.3 Å². The zero-order valence-corrected chi connectivity index (χ0v) is 13.4. The van der Waals surface area contributed by atoms with E-state index in [1.165, 1.54) is 6.20 Å².